The summed E-state index contributed by atoms with van der Waals surface area (Å²) in [6.45, 7) is 10.3. The van der Waals surface area contributed by atoms with E-state index in [2.05, 4.69) is 36.8 Å². The van der Waals surface area contributed by atoms with Crippen molar-refractivity contribution in [1.82, 2.24) is 9.97 Å². The Kier molecular flexibility index (Phi) is 3.28. The van der Waals surface area contributed by atoms with Crippen molar-refractivity contribution >= 4 is 11.0 Å². The van der Waals surface area contributed by atoms with Crippen molar-refractivity contribution in [1.29, 1.82) is 0 Å². The molecule has 2 nitrogen and oxygen atoms in total. The molecular weight excluding hydrogens is 172 g/mol. The molecule has 2 heterocycles. The van der Waals surface area contributed by atoms with Crippen LogP contribution in [0.5, 0.6) is 0 Å². The minimum atomic E-state index is 0.996. The molecule has 0 amide bonds. The van der Waals surface area contributed by atoms with Crippen LogP contribution in [0.4, 0.5) is 0 Å². The zero-order chi connectivity index (χ0) is 10.7. The number of hydrogen-bond acceptors (Lipinski definition) is 1. The molecule has 0 saturated carbocycles. The van der Waals surface area contributed by atoms with Gasteiger partial charge >= 0.3 is 0 Å². The Morgan fingerprint density at radius 1 is 1.14 bits per heavy atom. The van der Waals surface area contributed by atoms with Crippen LogP contribution in [0.1, 0.15) is 30.7 Å². The molecule has 1 N–H and O–H groups in total. The molecule has 0 unspecified atom stereocenters. The summed E-state index contributed by atoms with van der Waals surface area (Å²) < 4.78 is 0. The second-order valence-electron chi connectivity index (χ2n) is 3.28. The fraction of sp³-hybridized carbons (Fsp3) is 0.417. The van der Waals surface area contributed by atoms with E-state index in [1.807, 2.05) is 20.0 Å². The van der Waals surface area contributed by atoms with E-state index < -0.39 is 0 Å². The second kappa shape index (κ2) is 4.27. The minimum Gasteiger partial charge on any atom is -0.343 e. The van der Waals surface area contributed by atoms with Crippen molar-refractivity contribution in [2.24, 2.45) is 0 Å². The van der Waals surface area contributed by atoms with Crippen molar-refractivity contribution in [3.05, 3.63) is 29.1 Å². The molecule has 2 heteroatoms. The van der Waals surface area contributed by atoms with Crippen LogP contribution in [-0.2, 0) is 0 Å². The topological polar surface area (TPSA) is 28.7 Å². The van der Waals surface area contributed by atoms with Gasteiger partial charge in [-0.05, 0) is 38.0 Å². The normalized spacial score (nSPS) is 9.79. The summed E-state index contributed by atoms with van der Waals surface area (Å²) in [5.41, 5.74) is 4.73. The zero-order valence-electron chi connectivity index (χ0n) is 9.60. The molecule has 2 aromatic heterocycles. The molecule has 14 heavy (non-hydrogen) atoms. The molecule has 0 radical (unpaired) electrons. The maximum Gasteiger partial charge on any atom is 0.137 e. The predicted octanol–water partition coefficient (Wildman–Crippen LogP) is 3.51. The molecule has 2 aromatic rings. The van der Waals surface area contributed by atoms with Gasteiger partial charge in [-0.1, -0.05) is 13.8 Å². The molecule has 0 aromatic carbocycles. The van der Waals surface area contributed by atoms with E-state index in [-0.39, 0.29) is 0 Å². The molecule has 76 valence electrons. The number of nitrogens with one attached hydrogen (secondary N) is 1. The number of aromatic amines is 1. The fourth-order valence-corrected chi connectivity index (χ4v) is 1.43. The van der Waals surface area contributed by atoms with Crippen LogP contribution in [0.15, 0.2) is 12.3 Å². The van der Waals surface area contributed by atoms with E-state index in [0.29, 0.717) is 0 Å². The minimum absolute atomic E-state index is 0.996. The van der Waals surface area contributed by atoms with Gasteiger partial charge in [-0.3, -0.25) is 0 Å². The molecule has 0 aliphatic carbocycles. The highest BCUT2D eigenvalue weighted by Gasteiger charge is 2.03. The van der Waals surface area contributed by atoms with Crippen molar-refractivity contribution in [2.75, 3.05) is 0 Å². The third kappa shape index (κ3) is 1.79. The van der Waals surface area contributed by atoms with Gasteiger partial charge in [0.1, 0.15) is 5.65 Å². The maximum atomic E-state index is 4.31. The highest BCUT2D eigenvalue weighted by Crippen LogP contribution is 2.19. The monoisotopic (exact) mass is 190 g/mol. The van der Waals surface area contributed by atoms with Crippen LogP contribution in [-0.4, -0.2) is 9.97 Å². The molecule has 0 fully saturated rings. The first-order valence-electron chi connectivity index (χ1n) is 5.10. The number of pyridine rings is 1. The molecule has 0 aliphatic rings. The lowest BCUT2D eigenvalue weighted by atomic mass is 10.2. The average molecular weight is 190 g/mol. The first-order chi connectivity index (χ1) is 6.68. The maximum absolute atomic E-state index is 4.31. The first-order valence-corrected chi connectivity index (χ1v) is 5.10. The molecule has 0 bridgehead atoms. The lowest BCUT2D eigenvalue weighted by Gasteiger charge is -1.92. The highest BCUT2D eigenvalue weighted by molar-refractivity contribution is 5.81. The molecule has 2 rings (SSSR count). The predicted molar refractivity (Wildman–Crippen MR) is 61.7 cm³/mol. The van der Waals surface area contributed by atoms with Gasteiger partial charge in [0, 0.05) is 17.3 Å². The number of fused-ring (bicyclic) bond motifs is 1. The number of rotatable bonds is 0. The summed E-state index contributed by atoms with van der Waals surface area (Å²) >= 11 is 0. The van der Waals surface area contributed by atoms with E-state index in [9.17, 15) is 0 Å². The van der Waals surface area contributed by atoms with Gasteiger partial charge in [0.15, 0.2) is 0 Å². The van der Waals surface area contributed by atoms with E-state index in [4.69, 9.17) is 0 Å². The van der Waals surface area contributed by atoms with Crippen LogP contribution in [0.25, 0.3) is 11.0 Å². The largest absolute Gasteiger partial charge is 0.343 e. The van der Waals surface area contributed by atoms with Crippen LogP contribution in [0.3, 0.4) is 0 Å². The number of hydrogen-bond donors (Lipinski definition) is 1. The van der Waals surface area contributed by atoms with Gasteiger partial charge in [0.05, 0.1) is 0 Å². The Labute approximate surface area is 85.4 Å². The third-order valence-corrected chi connectivity index (χ3v) is 2.30. The van der Waals surface area contributed by atoms with Gasteiger partial charge in [0.25, 0.3) is 0 Å². The Morgan fingerprint density at radius 2 is 1.79 bits per heavy atom. The number of nitrogens with zero attached hydrogens (tertiary/aromatic N) is 1. The number of H-pyrrole nitrogens is 1. The van der Waals surface area contributed by atoms with Gasteiger partial charge in [-0.25, -0.2) is 4.98 Å². The van der Waals surface area contributed by atoms with Gasteiger partial charge in [0.2, 0.25) is 0 Å². The lowest BCUT2D eigenvalue weighted by Crippen LogP contribution is -1.78. The SMILES string of the molecule is CC.Cc1cnc2[nH]c(C)c(C)c2c1. The molecule has 0 spiro atoms. The fourth-order valence-electron chi connectivity index (χ4n) is 1.43. The van der Waals surface area contributed by atoms with Gasteiger partial charge in [-0.2, -0.15) is 0 Å². The van der Waals surface area contributed by atoms with Crippen molar-refractivity contribution in [3.8, 4) is 0 Å². The quantitative estimate of drug-likeness (QED) is 0.676. The summed E-state index contributed by atoms with van der Waals surface area (Å²) in [6.07, 6.45) is 1.89. The Hall–Kier alpha value is -1.31. The highest BCUT2D eigenvalue weighted by atomic mass is 14.9. The second-order valence-corrected chi connectivity index (χ2v) is 3.28. The van der Waals surface area contributed by atoms with E-state index >= 15 is 0 Å². The summed E-state index contributed by atoms with van der Waals surface area (Å²) in [5, 5.41) is 1.24. The van der Waals surface area contributed by atoms with Crippen molar-refractivity contribution < 1.29 is 0 Å². The van der Waals surface area contributed by atoms with Crippen LogP contribution in [0.2, 0.25) is 0 Å². The standard InChI is InChI=1S/C10H12N2.C2H6/c1-6-4-9-7(2)8(3)12-10(9)11-5-6;1-2/h4-5H,1-3H3,(H,11,12);1-2H3. The van der Waals surface area contributed by atoms with E-state index in [1.54, 1.807) is 0 Å². The average Bonchev–Trinajstić information content (AvgIpc) is 2.48. The zero-order valence-corrected chi connectivity index (χ0v) is 9.60. The first kappa shape index (κ1) is 10.8. The number of aryl methyl sites for hydroxylation is 3. The van der Waals surface area contributed by atoms with Crippen LogP contribution >= 0.6 is 0 Å². The number of aromatic nitrogens is 2. The van der Waals surface area contributed by atoms with E-state index in [1.165, 1.54) is 22.2 Å². The molecular formula is C12H18N2. The Morgan fingerprint density at radius 3 is 2.43 bits per heavy atom. The van der Waals surface area contributed by atoms with Crippen molar-refractivity contribution in [3.63, 3.8) is 0 Å². The molecule has 0 aliphatic heterocycles. The lowest BCUT2D eigenvalue weighted by molar-refractivity contribution is 1.22. The Bertz CT molecular complexity index is 427. The van der Waals surface area contributed by atoms with Gasteiger partial charge < -0.3 is 4.98 Å². The smallest absolute Gasteiger partial charge is 0.137 e. The summed E-state index contributed by atoms with van der Waals surface area (Å²) in [4.78, 5) is 7.55. The van der Waals surface area contributed by atoms with Crippen LogP contribution in [0, 0.1) is 20.8 Å². The van der Waals surface area contributed by atoms with Crippen molar-refractivity contribution in [2.45, 2.75) is 34.6 Å². The summed E-state index contributed by atoms with van der Waals surface area (Å²) in [7, 11) is 0. The van der Waals surface area contributed by atoms with Crippen LogP contribution < -0.4 is 0 Å². The molecule has 0 saturated heterocycles. The third-order valence-electron chi connectivity index (χ3n) is 2.30. The summed E-state index contributed by atoms with van der Waals surface area (Å²) in [6, 6.07) is 2.17. The van der Waals surface area contributed by atoms with Gasteiger partial charge in [-0.15, -0.1) is 0 Å². The Balaban J connectivity index is 0.000000461. The molecule has 0 atom stereocenters. The summed E-state index contributed by atoms with van der Waals surface area (Å²) in [5.74, 6) is 0. The van der Waals surface area contributed by atoms with E-state index in [0.717, 1.165) is 5.65 Å².